The maximum Gasteiger partial charge on any atom is 0.0746 e. The number of hydrogen-bond acceptors (Lipinski definition) is 2. The van der Waals surface area contributed by atoms with Crippen LogP contribution in [0.3, 0.4) is 0 Å². The summed E-state index contributed by atoms with van der Waals surface area (Å²) in [6.45, 7) is 2.44. The summed E-state index contributed by atoms with van der Waals surface area (Å²) >= 11 is 3.52. The minimum atomic E-state index is 0.338. The van der Waals surface area contributed by atoms with Crippen LogP contribution in [0.15, 0.2) is 34.0 Å². The molecule has 0 aliphatic carbocycles. The molecule has 0 bridgehead atoms. The van der Waals surface area contributed by atoms with E-state index in [0.29, 0.717) is 6.54 Å². The van der Waals surface area contributed by atoms with Crippen LogP contribution in [-0.4, -0.2) is 4.98 Å². The standard InChI is InChI=1S/C12H11BrN4/c1-2-8-5-9(7-16-17-14)12-10(6-8)11(13)3-4-15-12/h3-6H,2,7H2,1H3. The van der Waals surface area contributed by atoms with Crippen molar-refractivity contribution < 1.29 is 0 Å². The summed E-state index contributed by atoms with van der Waals surface area (Å²) < 4.78 is 1.01. The molecule has 2 aromatic rings. The first-order chi connectivity index (χ1) is 8.26. The summed E-state index contributed by atoms with van der Waals surface area (Å²) in [6, 6.07) is 6.08. The van der Waals surface area contributed by atoms with Crippen LogP contribution < -0.4 is 0 Å². The van der Waals surface area contributed by atoms with Crippen LogP contribution in [0.5, 0.6) is 0 Å². The van der Waals surface area contributed by atoms with E-state index < -0.39 is 0 Å². The maximum atomic E-state index is 8.41. The highest BCUT2D eigenvalue weighted by atomic mass is 79.9. The number of halogens is 1. The summed E-state index contributed by atoms with van der Waals surface area (Å²) in [7, 11) is 0. The van der Waals surface area contributed by atoms with Crippen molar-refractivity contribution in [1.82, 2.24) is 4.98 Å². The number of fused-ring (bicyclic) bond motifs is 1. The van der Waals surface area contributed by atoms with Gasteiger partial charge in [0, 0.05) is 21.0 Å². The van der Waals surface area contributed by atoms with Crippen LogP contribution in [0.25, 0.3) is 21.3 Å². The minimum Gasteiger partial charge on any atom is -0.256 e. The lowest BCUT2D eigenvalue weighted by Gasteiger charge is -2.07. The largest absolute Gasteiger partial charge is 0.256 e. The van der Waals surface area contributed by atoms with Crippen molar-refractivity contribution in [3.63, 3.8) is 0 Å². The Balaban J connectivity index is 2.70. The number of hydrogen-bond donors (Lipinski definition) is 0. The molecule has 0 saturated carbocycles. The van der Waals surface area contributed by atoms with Crippen molar-refractivity contribution in [3.05, 3.63) is 50.4 Å². The van der Waals surface area contributed by atoms with E-state index in [0.717, 1.165) is 27.4 Å². The lowest BCUT2D eigenvalue weighted by molar-refractivity contribution is 1.04. The quantitative estimate of drug-likeness (QED) is 0.470. The Morgan fingerprint density at radius 1 is 1.47 bits per heavy atom. The fraction of sp³-hybridized carbons (Fsp3) is 0.250. The summed E-state index contributed by atoms with van der Waals surface area (Å²) in [6.07, 6.45) is 2.69. The first kappa shape index (κ1) is 11.9. The first-order valence-electron chi connectivity index (χ1n) is 5.33. The van der Waals surface area contributed by atoms with Crippen molar-refractivity contribution in [1.29, 1.82) is 0 Å². The minimum absolute atomic E-state index is 0.338. The van der Waals surface area contributed by atoms with Gasteiger partial charge in [-0.2, -0.15) is 0 Å². The van der Waals surface area contributed by atoms with Gasteiger partial charge in [0.05, 0.1) is 12.1 Å². The molecule has 86 valence electrons. The van der Waals surface area contributed by atoms with E-state index in [1.165, 1.54) is 5.56 Å². The highest BCUT2D eigenvalue weighted by Crippen LogP contribution is 2.27. The number of pyridine rings is 1. The third kappa shape index (κ3) is 2.40. The van der Waals surface area contributed by atoms with Gasteiger partial charge in [-0.15, -0.1) is 0 Å². The summed E-state index contributed by atoms with van der Waals surface area (Å²) in [5, 5.41) is 4.69. The van der Waals surface area contributed by atoms with E-state index in [4.69, 9.17) is 5.53 Å². The van der Waals surface area contributed by atoms with Gasteiger partial charge in [-0.05, 0) is 35.2 Å². The van der Waals surface area contributed by atoms with Gasteiger partial charge in [0.2, 0.25) is 0 Å². The number of nitrogens with zero attached hydrogens (tertiary/aromatic N) is 4. The number of azide groups is 1. The molecule has 4 nitrogen and oxygen atoms in total. The second-order valence-electron chi connectivity index (χ2n) is 3.69. The van der Waals surface area contributed by atoms with Gasteiger partial charge in [0.1, 0.15) is 0 Å². The van der Waals surface area contributed by atoms with E-state index in [-0.39, 0.29) is 0 Å². The van der Waals surface area contributed by atoms with Gasteiger partial charge in [-0.1, -0.05) is 34.0 Å². The molecule has 1 aromatic heterocycles. The van der Waals surface area contributed by atoms with E-state index >= 15 is 0 Å². The topological polar surface area (TPSA) is 61.7 Å². The van der Waals surface area contributed by atoms with E-state index in [2.05, 4.69) is 50.0 Å². The molecule has 0 N–H and O–H groups in total. The lowest BCUT2D eigenvalue weighted by atomic mass is 10.0. The Hall–Kier alpha value is -1.58. The predicted octanol–water partition coefficient (Wildman–Crippen LogP) is 4.37. The van der Waals surface area contributed by atoms with Crippen LogP contribution in [-0.2, 0) is 13.0 Å². The normalized spacial score (nSPS) is 10.2. The van der Waals surface area contributed by atoms with Gasteiger partial charge in [-0.3, -0.25) is 4.98 Å². The molecule has 2 rings (SSSR count). The smallest absolute Gasteiger partial charge is 0.0746 e. The SMILES string of the molecule is CCc1cc(CN=[N+]=[N-])c2nccc(Br)c2c1. The molecule has 0 aliphatic rings. The molecule has 0 saturated heterocycles. The Kier molecular flexibility index (Phi) is 3.61. The van der Waals surface area contributed by atoms with Crippen LogP contribution in [0.4, 0.5) is 0 Å². The highest BCUT2D eigenvalue weighted by molar-refractivity contribution is 9.10. The fourth-order valence-corrected chi connectivity index (χ4v) is 2.21. The average Bonchev–Trinajstić information content (AvgIpc) is 2.36. The molecular weight excluding hydrogens is 280 g/mol. The lowest BCUT2D eigenvalue weighted by Crippen LogP contribution is -1.92. The first-order valence-corrected chi connectivity index (χ1v) is 6.12. The summed E-state index contributed by atoms with van der Waals surface area (Å²) in [5.41, 5.74) is 11.5. The zero-order chi connectivity index (χ0) is 12.3. The number of rotatable bonds is 3. The highest BCUT2D eigenvalue weighted by Gasteiger charge is 2.06. The van der Waals surface area contributed by atoms with Crippen LogP contribution >= 0.6 is 15.9 Å². The van der Waals surface area contributed by atoms with Crippen molar-refractivity contribution in [2.45, 2.75) is 19.9 Å². The van der Waals surface area contributed by atoms with Crippen molar-refractivity contribution in [2.24, 2.45) is 5.11 Å². The Bertz CT molecular complexity index is 603. The van der Waals surface area contributed by atoms with Gasteiger partial charge in [0.25, 0.3) is 0 Å². The molecule has 0 atom stereocenters. The van der Waals surface area contributed by atoms with E-state index in [1.807, 2.05) is 6.07 Å². The molecule has 0 amide bonds. The number of aryl methyl sites for hydroxylation is 1. The fourth-order valence-electron chi connectivity index (χ4n) is 1.79. The Labute approximate surface area is 107 Å². The average molecular weight is 291 g/mol. The zero-order valence-electron chi connectivity index (χ0n) is 9.39. The van der Waals surface area contributed by atoms with Gasteiger partial charge in [0.15, 0.2) is 0 Å². The second kappa shape index (κ2) is 5.17. The second-order valence-corrected chi connectivity index (χ2v) is 4.54. The van der Waals surface area contributed by atoms with Crippen molar-refractivity contribution >= 4 is 26.8 Å². The molecule has 0 radical (unpaired) electrons. The molecule has 0 unspecified atom stereocenters. The van der Waals surface area contributed by atoms with Crippen LogP contribution in [0.1, 0.15) is 18.1 Å². The van der Waals surface area contributed by atoms with E-state index in [1.54, 1.807) is 6.20 Å². The monoisotopic (exact) mass is 290 g/mol. The molecular formula is C12H11BrN4. The number of benzene rings is 1. The van der Waals surface area contributed by atoms with Crippen molar-refractivity contribution in [2.75, 3.05) is 0 Å². The zero-order valence-corrected chi connectivity index (χ0v) is 11.0. The molecule has 5 heteroatoms. The van der Waals surface area contributed by atoms with E-state index in [9.17, 15) is 0 Å². The number of aromatic nitrogens is 1. The molecule has 0 aliphatic heterocycles. The predicted molar refractivity (Wildman–Crippen MR) is 71.7 cm³/mol. The molecule has 1 aromatic carbocycles. The Morgan fingerprint density at radius 3 is 3.00 bits per heavy atom. The van der Waals surface area contributed by atoms with Gasteiger partial charge < -0.3 is 0 Å². The van der Waals surface area contributed by atoms with Crippen LogP contribution in [0, 0.1) is 0 Å². The van der Waals surface area contributed by atoms with Crippen LogP contribution in [0.2, 0.25) is 0 Å². The summed E-state index contributed by atoms with van der Waals surface area (Å²) in [5.74, 6) is 0. The molecule has 1 heterocycles. The third-order valence-electron chi connectivity index (χ3n) is 2.64. The van der Waals surface area contributed by atoms with Crippen molar-refractivity contribution in [3.8, 4) is 0 Å². The Morgan fingerprint density at radius 2 is 2.29 bits per heavy atom. The van der Waals surface area contributed by atoms with Gasteiger partial charge in [-0.25, -0.2) is 0 Å². The molecule has 0 fully saturated rings. The summed E-state index contributed by atoms with van der Waals surface area (Å²) in [4.78, 5) is 7.16. The third-order valence-corrected chi connectivity index (χ3v) is 3.33. The molecule has 0 spiro atoms. The van der Waals surface area contributed by atoms with Gasteiger partial charge >= 0.3 is 0 Å². The maximum absolute atomic E-state index is 8.41. The molecule has 17 heavy (non-hydrogen) atoms.